The third-order valence-corrected chi connectivity index (χ3v) is 6.80. The molecule has 1 saturated heterocycles. The molecule has 3 heterocycles. The molecule has 2 aromatic carbocycles. The number of anilines is 1. The minimum atomic E-state index is -4.35. The summed E-state index contributed by atoms with van der Waals surface area (Å²) in [5.41, 5.74) is 3.29. The van der Waals surface area contributed by atoms with Crippen molar-refractivity contribution in [2.24, 2.45) is 0 Å². The van der Waals surface area contributed by atoms with E-state index < -0.39 is 11.7 Å². The molecule has 34 heavy (non-hydrogen) atoms. The normalized spacial score (nSPS) is 17.2. The number of alkyl halides is 3. The summed E-state index contributed by atoms with van der Waals surface area (Å²) in [6.45, 7) is 3.97. The van der Waals surface area contributed by atoms with Crippen molar-refractivity contribution < 1.29 is 22.7 Å². The van der Waals surface area contributed by atoms with Crippen LogP contribution >= 0.6 is 0 Å². The molecular weight excluding hydrogens is 445 g/mol. The number of carbonyl (C=O) groups excluding carboxylic acids is 1. The molecule has 0 radical (unpaired) electrons. The van der Waals surface area contributed by atoms with E-state index in [2.05, 4.69) is 9.88 Å². The second-order valence-corrected chi connectivity index (χ2v) is 8.87. The highest BCUT2D eigenvalue weighted by Gasteiger charge is 2.31. The van der Waals surface area contributed by atoms with Crippen molar-refractivity contribution in [3.63, 3.8) is 0 Å². The number of carbonyl (C=O) groups is 1. The monoisotopic (exact) mass is 472 g/mol. The summed E-state index contributed by atoms with van der Waals surface area (Å²) in [7, 11) is 1.64. The Labute approximate surface area is 195 Å². The highest BCUT2D eigenvalue weighted by atomic mass is 19.4. The third kappa shape index (κ3) is 4.44. The van der Waals surface area contributed by atoms with Crippen molar-refractivity contribution in [3.05, 3.63) is 59.3 Å². The fourth-order valence-electron chi connectivity index (χ4n) is 4.87. The van der Waals surface area contributed by atoms with Crippen LogP contribution < -0.4 is 9.64 Å². The Balaban J connectivity index is 1.20. The predicted molar refractivity (Wildman–Crippen MR) is 124 cm³/mol. The highest BCUT2D eigenvalue weighted by Crippen LogP contribution is 2.32. The summed E-state index contributed by atoms with van der Waals surface area (Å²) in [5, 5.41) is 1.08. The Morgan fingerprint density at radius 2 is 1.85 bits per heavy atom. The first-order chi connectivity index (χ1) is 16.3. The molecule has 9 heteroatoms. The number of piperazine rings is 1. The van der Waals surface area contributed by atoms with Gasteiger partial charge in [-0.1, -0.05) is 6.07 Å². The number of aromatic nitrogens is 1. The molecule has 0 saturated carbocycles. The molecule has 1 N–H and O–H groups in total. The van der Waals surface area contributed by atoms with Crippen LogP contribution in [0.5, 0.6) is 5.75 Å². The Kier molecular flexibility index (Phi) is 5.89. The summed E-state index contributed by atoms with van der Waals surface area (Å²) >= 11 is 0. The lowest BCUT2D eigenvalue weighted by atomic mass is 10.0. The van der Waals surface area contributed by atoms with Gasteiger partial charge in [-0.25, -0.2) is 0 Å². The molecule has 180 valence electrons. The summed E-state index contributed by atoms with van der Waals surface area (Å²) < 4.78 is 44.5. The molecule has 0 atom stereocenters. The Bertz CT molecular complexity index is 1200. The average Bonchev–Trinajstić information content (AvgIpc) is 3.21. The lowest BCUT2D eigenvalue weighted by molar-refractivity contribution is -0.137. The van der Waals surface area contributed by atoms with Gasteiger partial charge in [0.2, 0.25) is 5.91 Å². The number of benzene rings is 2. The number of hydrogen-bond acceptors (Lipinski definition) is 4. The van der Waals surface area contributed by atoms with Crippen LogP contribution in [-0.4, -0.2) is 67.1 Å². The zero-order valence-electron chi connectivity index (χ0n) is 19.0. The predicted octanol–water partition coefficient (Wildman–Crippen LogP) is 3.90. The number of methoxy groups -OCH3 is 1. The minimum absolute atomic E-state index is 0.0791. The number of aromatic amines is 1. The van der Waals surface area contributed by atoms with Crippen molar-refractivity contribution in [2.45, 2.75) is 19.1 Å². The number of nitrogens with one attached hydrogen (secondary N) is 1. The number of ether oxygens (including phenoxy) is 1. The number of halogens is 3. The Morgan fingerprint density at radius 1 is 1.06 bits per heavy atom. The van der Waals surface area contributed by atoms with E-state index >= 15 is 0 Å². The largest absolute Gasteiger partial charge is 0.497 e. The Hall–Kier alpha value is -3.20. The lowest BCUT2D eigenvalue weighted by Gasteiger charge is -2.37. The SMILES string of the molecule is COc1ccc2[nH]c3c(c2c1)CN(C(=O)CN1CCN(c2cccc(C(F)(F)F)c2)CC1)CC3. The average molecular weight is 473 g/mol. The summed E-state index contributed by atoms with van der Waals surface area (Å²) in [5.74, 6) is 0.867. The molecule has 6 nitrogen and oxygen atoms in total. The molecule has 3 aromatic rings. The second kappa shape index (κ2) is 8.87. The smallest absolute Gasteiger partial charge is 0.416 e. The van der Waals surface area contributed by atoms with E-state index in [1.165, 1.54) is 17.8 Å². The first kappa shape index (κ1) is 22.6. The van der Waals surface area contributed by atoms with Gasteiger partial charge in [-0.15, -0.1) is 0 Å². The van der Waals surface area contributed by atoms with E-state index in [-0.39, 0.29) is 5.91 Å². The van der Waals surface area contributed by atoms with Crippen molar-refractivity contribution in [2.75, 3.05) is 51.3 Å². The van der Waals surface area contributed by atoms with Gasteiger partial charge in [0, 0.05) is 73.5 Å². The Morgan fingerprint density at radius 3 is 2.59 bits per heavy atom. The number of fused-ring (bicyclic) bond motifs is 3. The number of nitrogens with zero attached hydrogens (tertiary/aromatic N) is 3. The van der Waals surface area contributed by atoms with Crippen LogP contribution in [0.1, 0.15) is 16.8 Å². The summed E-state index contributed by atoms with van der Waals surface area (Å²) in [4.78, 5) is 22.5. The van der Waals surface area contributed by atoms with E-state index in [1.807, 2.05) is 28.0 Å². The lowest BCUT2D eigenvalue weighted by Crippen LogP contribution is -2.50. The van der Waals surface area contributed by atoms with Gasteiger partial charge < -0.3 is 19.5 Å². The van der Waals surface area contributed by atoms with E-state index in [0.717, 1.165) is 34.7 Å². The second-order valence-electron chi connectivity index (χ2n) is 8.87. The van der Waals surface area contributed by atoms with Crippen molar-refractivity contribution in [3.8, 4) is 5.75 Å². The molecule has 0 spiro atoms. The minimum Gasteiger partial charge on any atom is -0.497 e. The number of amides is 1. The van der Waals surface area contributed by atoms with E-state index in [1.54, 1.807) is 13.2 Å². The van der Waals surface area contributed by atoms with Crippen LogP contribution in [0, 0.1) is 0 Å². The molecule has 2 aliphatic heterocycles. The maximum absolute atomic E-state index is 13.1. The van der Waals surface area contributed by atoms with Crippen molar-refractivity contribution in [1.82, 2.24) is 14.8 Å². The quantitative estimate of drug-likeness (QED) is 0.626. The number of hydrogen-bond donors (Lipinski definition) is 1. The van der Waals surface area contributed by atoms with Gasteiger partial charge in [-0.2, -0.15) is 13.2 Å². The van der Waals surface area contributed by atoms with E-state index in [4.69, 9.17) is 4.74 Å². The third-order valence-electron chi connectivity index (χ3n) is 6.80. The number of H-pyrrole nitrogens is 1. The van der Waals surface area contributed by atoms with Crippen LogP contribution in [0.15, 0.2) is 42.5 Å². The molecular formula is C25H27F3N4O2. The van der Waals surface area contributed by atoms with Crippen LogP contribution in [0.25, 0.3) is 10.9 Å². The maximum Gasteiger partial charge on any atom is 0.416 e. The van der Waals surface area contributed by atoms with Gasteiger partial charge in [0.05, 0.1) is 19.2 Å². The zero-order valence-corrected chi connectivity index (χ0v) is 19.0. The fourth-order valence-corrected chi connectivity index (χ4v) is 4.87. The zero-order chi connectivity index (χ0) is 23.9. The summed E-state index contributed by atoms with van der Waals surface area (Å²) in [6.07, 6.45) is -3.57. The molecule has 2 aliphatic rings. The van der Waals surface area contributed by atoms with Crippen molar-refractivity contribution in [1.29, 1.82) is 0 Å². The maximum atomic E-state index is 13.1. The van der Waals surface area contributed by atoms with E-state index in [9.17, 15) is 18.0 Å². The van der Waals surface area contributed by atoms with Gasteiger partial charge in [0.15, 0.2) is 0 Å². The van der Waals surface area contributed by atoms with Crippen LogP contribution in [0.4, 0.5) is 18.9 Å². The molecule has 0 bridgehead atoms. The van der Waals surface area contributed by atoms with Gasteiger partial charge in [-0.05, 0) is 36.4 Å². The van der Waals surface area contributed by atoms with Crippen molar-refractivity contribution >= 4 is 22.5 Å². The first-order valence-corrected chi connectivity index (χ1v) is 11.4. The molecule has 1 aromatic heterocycles. The molecule has 1 fully saturated rings. The number of rotatable bonds is 4. The van der Waals surface area contributed by atoms with Crippen LogP contribution in [-0.2, 0) is 23.9 Å². The van der Waals surface area contributed by atoms with Gasteiger partial charge in [0.1, 0.15) is 5.75 Å². The van der Waals surface area contributed by atoms with Gasteiger partial charge in [-0.3, -0.25) is 9.69 Å². The fraction of sp³-hybridized carbons (Fsp3) is 0.400. The molecule has 0 aliphatic carbocycles. The highest BCUT2D eigenvalue weighted by molar-refractivity contribution is 5.87. The van der Waals surface area contributed by atoms with Crippen LogP contribution in [0.2, 0.25) is 0 Å². The topological polar surface area (TPSA) is 51.8 Å². The first-order valence-electron chi connectivity index (χ1n) is 11.4. The molecule has 1 amide bonds. The summed E-state index contributed by atoms with van der Waals surface area (Å²) in [6, 6.07) is 11.4. The van der Waals surface area contributed by atoms with E-state index in [0.29, 0.717) is 51.5 Å². The van der Waals surface area contributed by atoms with Gasteiger partial charge in [0.25, 0.3) is 0 Å². The van der Waals surface area contributed by atoms with Gasteiger partial charge >= 0.3 is 6.18 Å². The standard InChI is InChI=1S/C25H27F3N4O2/c1-34-19-5-6-22-20(14-19)21-15-32(8-7-23(21)29-22)24(33)16-30-9-11-31(12-10-30)18-4-2-3-17(13-18)25(26,27)28/h2-6,13-14,29H,7-12,15-16H2,1H3. The molecule has 5 rings (SSSR count). The molecule has 0 unspecified atom stereocenters. The van der Waals surface area contributed by atoms with Crippen LogP contribution in [0.3, 0.4) is 0 Å².